The number of benzene rings is 1. The minimum atomic E-state index is 0.636. The van der Waals surface area contributed by atoms with E-state index in [2.05, 4.69) is 17.4 Å². The number of furan rings is 1. The third-order valence-corrected chi connectivity index (χ3v) is 3.80. The van der Waals surface area contributed by atoms with E-state index in [9.17, 15) is 0 Å². The predicted octanol–water partition coefficient (Wildman–Crippen LogP) is 3.22. The van der Waals surface area contributed by atoms with E-state index in [0.29, 0.717) is 5.92 Å². The first-order valence-corrected chi connectivity index (χ1v) is 6.57. The van der Waals surface area contributed by atoms with Crippen LogP contribution in [0, 0.1) is 6.92 Å². The van der Waals surface area contributed by atoms with Crippen molar-refractivity contribution in [2.24, 2.45) is 0 Å². The number of aryl methyl sites for hydroxylation is 1. The maximum atomic E-state index is 5.78. The molecule has 1 aromatic carbocycles. The summed E-state index contributed by atoms with van der Waals surface area (Å²) in [5, 5.41) is 4.63. The molecule has 1 aliphatic heterocycles. The summed E-state index contributed by atoms with van der Waals surface area (Å²) in [6, 6.07) is 6.37. The van der Waals surface area contributed by atoms with E-state index in [4.69, 9.17) is 9.15 Å². The molecule has 1 fully saturated rings. The van der Waals surface area contributed by atoms with Crippen LogP contribution in [0.4, 0.5) is 0 Å². The van der Waals surface area contributed by atoms with Gasteiger partial charge in [0.2, 0.25) is 0 Å². The number of ether oxygens (including phenoxy) is 1. The Kier molecular flexibility index (Phi) is 3.00. The number of piperidine rings is 1. The highest BCUT2D eigenvalue weighted by Gasteiger charge is 2.20. The van der Waals surface area contributed by atoms with Gasteiger partial charge >= 0.3 is 0 Å². The molecule has 3 nitrogen and oxygen atoms in total. The lowest BCUT2D eigenvalue weighted by molar-refractivity contribution is 0.408. The van der Waals surface area contributed by atoms with Gasteiger partial charge in [-0.3, -0.25) is 0 Å². The average molecular weight is 245 g/mol. The molecule has 0 saturated carbocycles. The fourth-order valence-electron chi connectivity index (χ4n) is 2.89. The van der Waals surface area contributed by atoms with Crippen LogP contribution in [-0.2, 0) is 0 Å². The second kappa shape index (κ2) is 4.65. The molecule has 0 amide bonds. The van der Waals surface area contributed by atoms with Crippen molar-refractivity contribution in [2.75, 3.05) is 20.2 Å². The molecule has 1 saturated heterocycles. The van der Waals surface area contributed by atoms with Crippen LogP contribution in [-0.4, -0.2) is 20.2 Å². The second-order valence-electron chi connectivity index (χ2n) is 4.98. The van der Waals surface area contributed by atoms with Crippen LogP contribution in [0.15, 0.2) is 22.6 Å². The van der Waals surface area contributed by atoms with Gasteiger partial charge in [-0.2, -0.15) is 0 Å². The van der Waals surface area contributed by atoms with E-state index >= 15 is 0 Å². The van der Waals surface area contributed by atoms with Crippen LogP contribution >= 0.6 is 0 Å². The van der Waals surface area contributed by atoms with Crippen LogP contribution < -0.4 is 10.1 Å². The van der Waals surface area contributed by atoms with E-state index in [1.165, 1.54) is 23.8 Å². The maximum absolute atomic E-state index is 5.78. The summed E-state index contributed by atoms with van der Waals surface area (Å²) in [4.78, 5) is 0. The second-order valence-corrected chi connectivity index (χ2v) is 4.98. The SMILES string of the molecule is COc1ccc(C2CCNCC2)c2cc(C)oc12. The van der Waals surface area contributed by atoms with Gasteiger partial charge < -0.3 is 14.5 Å². The zero-order valence-electron chi connectivity index (χ0n) is 11.0. The van der Waals surface area contributed by atoms with E-state index < -0.39 is 0 Å². The Labute approximate surface area is 107 Å². The molecule has 3 heteroatoms. The Morgan fingerprint density at radius 2 is 2.06 bits per heavy atom. The molecule has 0 aliphatic carbocycles. The molecule has 2 heterocycles. The molecular formula is C15H19NO2. The summed E-state index contributed by atoms with van der Waals surface area (Å²) in [6.45, 7) is 4.20. The summed E-state index contributed by atoms with van der Waals surface area (Å²) in [5.74, 6) is 2.41. The highest BCUT2D eigenvalue weighted by Crippen LogP contribution is 2.37. The van der Waals surface area contributed by atoms with Gasteiger partial charge in [0.1, 0.15) is 5.76 Å². The molecule has 0 radical (unpaired) electrons. The Morgan fingerprint density at radius 1 is 1.28 bits per heavy atom. The zero-order chi connectivity index (χ0) is 12.5. The van der Waals surface area contributed by atoms with Gasteiger partial charge in [0.15, 0.2) is 11.3 Å². The molecule has 0 unspecified atom stereocenters. The van der Waals surface area contributed by atoms with Crippen molar-refractivity contribution in [1.82, 2.24) is 5.32 Å². The molecule has 1 aromatic heterocycles. The van der Waals surface area contributed by atoms with Crippen LogP contribution in [0.25, 0.3) is 11.0 Å². The lowest BCUT2D eigenvalue weighted by Crippen LogP contribution is -2.26. The molecule has 0 bridgehead atoms. The minimum Gasteiger partial charge on any atom is -0.493 e. The molecule has 2 aromatic rings. The first kappa shape index (κ1) is 11.6. The average Bonchev–Trinajstić information content (AvgIpc) is 2.80. The predicted molar refractivity (Wildman–Crippen MR) is 72.3 cm³/mol. The molecule has 96 valence electrons. The molecule has 1 N–H and O–H groups in total. The van der Waals surface area contributed by atoms with Crippen LogP contribution in [0.5, 0.6) is 5.75 Å². The number of hydrogen-bond acceptors (Lipinski definition) is 3. The quantitative estimate of drug-likeness (QED) is 0.882. The van der Waals surface area contributed by atoms with Crippen molar-refractivity contribution in [3.05, 3.63) is 29.5 Å². The first-order chi connectivity index (χ1) is 8.79. The Bertz CT molecular complexity index is 553. The lowest BCUT2D eigenvalue weighted by Gasteiger charge is -2.23. The Balaban J connectivity index is 2.11. The van der Waals surface area contributed by atoms with Gasteiger partial charge in [-0.05, 0) is 56.5 Å². The first-order valence-electron chi connectivity index (χ1n) is 6.57. The molecule has 18 heavy (non-hydrogen) atoms. The fraction of sp³-hybridized carbons (Fsp3) is 0.467. The molecule has 0 atom stereocenters. The van der Waals surface area contributed by atoms with E-state index in [0.717, 1.165) is 30.2 Å². The largest absolute Gasteiger partial charge is 0.493 e. The van der Waals surface area contributed by atoms with Gasteiger partial charge in [0.05, 0.1) is 7.11 Å². The van der Waals surface area contributed by atoms with Gasteiger partial charge in [0.25, 0.3) is 0 Å². The fourth-order valence-corrected chi connectivity index (χ4v) is 2.89. The standard InChI is InChI=1S/C15H19NO2/c1-10-9-13-12(11-5-7-16-8-6-11)3-4-14(17-2)15(13)18-10/h3-4,9,11,16H,5-8H2,1-2H3. The van der Waals surface area contributed by atoms with Crippen molar-refractivity contribution in [1.29, 1.82) is 0 Å². The number of nitrogens with one attached hydrogen (secondary N) is 1. The van der Waals surface area contributed by atoms with Gasteiger partial charge in [-0.15, -0.1) is 0 Å². The minimum absolute atomic E-state index is 0.636. The highest BCUT2D eigenvalue weighted by molar-refractivity contribution is 5.87. The number of methoxy groups -OCH3 is 1. The third kappa shape index (κ3) is 1.89. The number of rotatable bonds is 2. The summed E-state index contributed by atoms with van der Waals surface area (Å²) in [5.41, 5.74) is 2.30. The van der Waals surface area contributed by atoms with Gasteiger partial charge in [-0.25, -0.2) is 0 Å². The van der Waals surface area contributed by atoms with Crippen LogP contribution in [0.1, 0.15) is 30.1 Å². The molecule has 1 aliphatic rings. The summed E-state index contributed by atoms with van der Waals surface area (Å²) >= 11 is 0. The Morgan fingerprint density at radius 3 is 2.78 bits per heavy atom. The monoisotopic (exact) mass is 245 g/mol. The lowest BCUT2D eigenvalue weighted by atomic mass is 9.88. The van der Waals surface area contributed by atoms with Crippen molar-refractivity contribution in [3.63, 3.8) is 0 Å². The molecule has 3 rings (SSSR count). The normalized spacial score (nSPS) is 17.2. The molecular weight excluding hydrogens is 226 g/mol. The third-order valence-electron chi connectivity index (χ3n) is 3.80. The summed E-state index contributed by atoms with van der Waals surface area (Å²) in [7, 11) is 1.69. The maximum Gasteiger partial charge on any atom is 0.176 e. The Hall–Kier alpha value is -1.48. The van der Waals surface area contributed by atoms with Gasteiger partial charge in [-0.1, -0.05) is 6.07 Å². The van der Waals surface area contributed by atoms with E-state index in [-0.39, 0.29) is 0 Å². The van der Waals surface area contributed by atoms with Crippen molar-refractivity contribution in [3.8, 4) is 5.75 Å². The highest BCUT2D eigenvalue weighted by atomic mass is 16.5. The smallest absolute Gasteiger partial charge is 0.176 e. The zero-order valence-corrected chi connectivity index (χ0v) is 11.0. The van der Waals surface area contributed by atoms with Crippen LogP contribution in [0.2, 0.25) is 0 Å². The van der Waals surface area contributed by atoms with Crippen LogP contribution in [0.3, 0.4) is 0 Å². The number of hydrogen-bond donors (Lipinski definition) is 1. The number of fused-ring (bicyclic) bond motifs is 1. The summed E-state index contributed by atoms with van der Waals surface area (Å²) in [6.07, 6.45) is 2.40. The summed E-state index contributed by atoms with van der Waals surface area (Å²) < 4.78 is 11.2. The topological polar surface area (TPSA) is 34.4 Å². The molecule has 0 spiro atoms. The van der Waals surface area contributed by atoms with E-state index in [1.807, 2.05) is 13.0 Å². The van der Waals surface area contributed by atoms with Crippen molar-refractivity contribution < 1.29 is 9.15 Å². The van der Waals surface area contributed by atoms with Gasteiger partial charge in [0, 0.05) is 5.39 Å². The van der Waals surface area contributed by atoms with E-state index in [1.54, 1.807) is 7.11 Å². The van der Waals surface area contributed by atoms with Crippen molar-refractivity contribution >= 4 is 11.0 Å². The van der Waals surface area contributed by atoms with Crippen molar-refractivity contribution in [2.45, 2.75) is 25.7 Å².